The maximum absolute atomic E-state index is 13.1. The number of carbonyl (C=O) groups is 5. The quantitative estimate of drug-likeness (QED) is 0.260. The number of nitrogens with zero attached hydrogens (tertiary/aromatic N) is 5. The van der Waals surface area contributed by atoms with Crippen LogP contribution in [0, 0.1) is 0 Å². The largest absolute Gasteiger partial charge is 0.497 e. The van der Waals surface area contributed by atoms with Gasteiger partial charge in [0.2, 0.25) is 12.1 Å². The summed E-state index contributed by atoms with van der Waals surface area (Å²) in [6, 6.07) is 6.93. The number of tetrazole rings is 1. The van der Waals surface area contributed by atoms with E-state index in [2.05, 4.69) is 15.4 Å². The molecule has 42 heavy (non-hydrogen) atoms. The van der Waals surface area contributed by atoms with Gasteiger partial charge in [-0.05, 0) is 36.4 Å². The van der Waals surface area contributed by atoms with Gasteiger partial charge in [0.25, 0.3) is 0 Å². The van der Waals surface area contributed by atoms with Gasteiger partial charge in [-0.2, -0.15) is 0 Å². The van der Waals surface area contributed by atoms with Gasteiger partial charge in [-0.15, -0.1) is 15.0 Å². The predicted molar refractivity (Wildman–Crippen MR) is 140 cm³/mol. The number of anilines is 1. The van der Waals surface area contributed by atoms with Crippen LogP contribution in [-0.2, 0) is 54.1 Å². The highest BCUT2D eigenvalue weighted by molar-refractivity contribution is 5.94. The highest BCUT2D eigenvalue weighted by atomic mass is 16.7. The second-order valence-corrected chi connectivity index (χ2v) is 9.13. The Kier molecular flexibility index (Phi) is 10.9. The average molecular weight is 592 g/mol. The van der Waals surface area contributed by atoms with Crippen molar-refractivity contribution in [2.45, 2.75) is 71.7 Å². The molecule has 0 aliphatic carbocycles. The van der Waals surface area contributed by atoms with E-state index in [0.717, 1.165) is 25.6 Å². The topological polar surface area (TPSA) is 188 Å². The zero-order valence-corrected chi connectivity index (χ0v) is 24.0. The molecule has 2 heterocycles. The van der Waals surface area contributed by atoms with Gasteiger partial charge in [-0.25, -0.2) is 0 Å². The second kappa shape index (κ2) is 14.3. The molecular weight excluding hydrogens is 558 g/mol. The number of hydrogen-bond donors (Lipinski definition) is 0. The lowest BCUT2D eigenvalue weighted by molar-refractivity contribution is -0.272. The van der Waals surface area contributed by atoms with E-state index < -0.39 is 61.1 Å². The minimum absolute atomic E-state index is 0.0137. The SMILES string of the molecule is CCN(C(=O)Cc1nnn(C2OC(COC(C)=O)C(OC(C)=O)C(OC(C)=O)C2OC(C)=O)n1)c1ccc(OC)cc1. The van der Waals surface area contributed by atoms with E-state index in [-0.39, 0.29) is 18.2 Å². The first kappa shape index (κ1) is 31.9. The van der Waals surface area contributed by atoms with Gasteiger partial charge in [0.05, 0.1) is 13.5 Å². The second-order valence-electron chi connectivity index (χ2n) is 9.13. The molecule has 1 aliphatic rings. The fourth-order valence-electron chi connectivity index (χ4n) is 4.32. The summed E-state index contributed by atoms with van der Waals surface area (Å²) >= 11 is 0. The monoisotopic (exact) mass is 591 g/mol. The zero-order chi connectivity index (χ0) is 31.0. The third-order valence-electron chi connectivity index (χ3n) is 5.97. The molecule has 1 aromatic heterocycles. The van der Waals surface area contributed by atoms with Crippen LogP contribution >= 0.6 is 0 Å². The smallest absolute Gasteiger partial charge is 0.303 e. The first-order valence-electron chi connectivity index (χ1n) is 13.0. The number of likely N-dealkylation sites (N-methyl/N-ethyl adjacent to an activating group) is 1. The average Bonchev–Trinajstić information content (AvgIpc) is 3.38. The standard InChI is InChI=1S/C26H33N5O11/c1-7-30(18-8-10-19(37-6)11-9-18)22(36)12-21-27-29-31(28-21)26-25(41-17(5)35)24(40-16(4)34)23(39-15(3)33)20(42-26)13-38-14(2)32/h8-11,20,23-26H,7,12-13H2,1-6H3. The minimum Gasteiger partial charge on any atom is -0.497 e. The number of esters is 4. The van der Waals surface area contributed by atoms with E-state index in [0.29, 0.717) is 18.0 Å². The van der Waals surface area contributed by atoms with Crippen LogP contribution in [0.1, 0.15) is 46.7 Å². The minimum atomic E-state index is -1.42. The van der Waals surface area contributed by atoms with Crippen molar-refractivity contribution in [3.8, 4) is 5.75 Å². The number of methoxy groups -OCH3 is 1. The Bertz CT molecular complexity index is 1280. The van der Waals surface area contributed by atoms with Crippen molar-refractivity contribution in [2.75, 3.05) is 25.2 Å². The van der Waals surface area contributed by atoms with E-state index in [4.69, 9.17) is 28.4 Å². The molecule has 2 aromatic rings. The van der Waals surface area contributed by atoms with Gasteiger partial charge < -0.3 is 33.3 Å². The van der Waals surface area contributed by atoms with Crippen LogP contribution in [0.4, 0.5) is 5.69 Å². The van der Waals surface area contributed by atoms with E-state index in [1.807, 2.05) is 6.92 Å². The number of aromatic nitrogens is 4. The summed E-state index contributed by atoms with van der Waals surface area (Å²) < 4.78 is 32.4. The maximum Gasteiger partial charge on any atom is 0.303 e. The lowest BCUT2D eigenvalue weighted by Crippen LogP contribution is -2.60. The molecule has 1 fully saturated rings. The van der Waals surface area contributed by atoms with Crippen LogP contribution < -0.4 is 9.64 Å². The van der Waals surface area contributed by atoms with E-state index in [1.165, 1.54) is 18.9 Å². The molecule has 16 nitrogen and oxygen atoms in total. The lowest BCUT2D eigenvalue weighted by atomic mass is 9.97. The lowest BCUT2D eigenvalue weighted by Gasteiger charge is -2.43. The Balaban J connectivity index is 1.92. The Morgan fingerprint density at radius 3 is 2.02 bits per heavy atom. The van der Waals surface area contributed by atoms with Crippen molar-refractivity contribution in [1.29, 1.82) is 0 Å². The normalized spacial score (nSPS) is 21.5. The van der Waals surface area contributed by atoms with Crippen molar-refractivity contribution in [2.24, 2.45) is 0 Å². The molecule has 1 aromatic carbocycles. The first-order chi connectivity index (χ1) is 19.9. The van der Waals surface area contributed by atoms with Gasteiger partial charge in [0.1, 0.15) is 18.5 Å². The molecule has 5 unspecified atom stereocenters. The number of ether oxygens (including phenoxy) is 6. The van der Waals surface area contributed by atoms with E-state index in [1.54, 1.807) is 24.3 Å². The number of benzene rings is 1. The van der Waals surface area contributed by atoms with Gasteiger partial charge in [0, 0.05) is 39.9 Å². The van der Waals surface area contributed by atoms with Crippen molar-refractivity contribution >= 4 is 35.5 Å². The maximum atomic E-state index is 13.1. The van der Waals surface area contributed by atoms with Crippen LogP contribution in [-0.4, -0.2) is 94.7 Å². The summed E-state index contributed by atoms with van der Waals surface area (Å²) in [6.45, 7) is 6.27. The Morgan fingerprint density at radius 2 is 1.48 bits per heavy atom. The van der Waals surface area contributed by atoms with E-state index >= 15 is 0 Å². The van der Waals surface area contributed by atoms with Crippen molar-refractivity contribution in [3.63, 3.8) is 0 Å². The van der Waals surface area contributed by atoms with Crippen LogP contribution in [0.5, 0.6) is 5.75 Å². The van der Waals surface area contributed by atoms with Gasteiger partial charge in [-0.3, -0.25) is 24.0 Å². The zero-order valence-electron chi connectivity index (χ0n) is 24.0. The molecular formula is C26H33N5O11. The predicted octanol–water partition coefficient (Wildman–Crippen LogP) is 0.533. The van der Waals surface area contributed by atoms with Crippen molar-refractivity contribution in [1.82, 2.24) is 20.2 Å². The summed E-state index contributed by atoms with van der Waals surface area (Å²) in [5.41, 5.74) is 0.635. The first-order valence-corrected chi connectivity index (χ1v) is 13.0. The molecule has 0 bridgehead atoms. The Morgan fingerprint density at radius 1 is 0.881 bits per heavy atom. The molecule has 1 saturated heterocycles. The summed E-state index contributed by atoms with van der Waals surface area (Å²) in [5, 5.41) is 12.2. The van der Waals surface area contributed by atoms with Crippen molar-refractivity contribution < 1.29 is 52.4 Å². The van der Waals surface area contributed by atoms with Crippen LogP contribution in [0.2, 0.25) is 0 Å². The molecule has 5 atom stereocenters. The van der Waals surface area contributed by atoms with Crippen LogP contribution in [0.25, 0.3) is 0 Å². The Labute approximate surface area is 241 Å². The fraction of sp³-hybridized carbons (Fsp3) is 0.538. The van der Waals surface area contributed by atoms with E-state index in [9.17, 15) is 24.0 Å². The number of hydrogen-bond acceptors (Lipinski definition) is 14. The highest BCUT2D eigenvalue weighted by Crippen LogP contribution is 2.34. The third kappa shape index (κ3) is 8.22. The van der Waals surface area contributed by atoms with Crippen LogP contribution in [0.15, 0.2) is 24.3 Å². The summed E-state index contributed by atoms with van der Waals surface area (Å²) in [4.78, 5) is 63.1. The molecule has 1 aliphatic heterocycles. The molecule has 0 saturated carbocycles. The summed E-state index contributed by atoms with van der Waals surface area (Å²) in [5.74, 6) is -2.65. The number of carbonyl (C=O) groups excluding carboxylic acids is 5. The number of rotatable bonds is 11. The summed E-state index contributed by atoms with van der Waals surface area (Å²) in [6.07, 6.45) is -6.99. The number of amides is 1. The molecule has 0 spiro atoms. The van der Waals surface area contributed by atoms with Gasteiger partial charge >= 0.3 is 23.9 Å². The molecule has 0 N–H and O–H groups in total. The van der Waals surface area contributed by atoms with Crippen LogP contribution in [0.3, 0.4) is 0 Å². The molecule has 0 radical (unpaired) electrons. The molecule has 1 amide bonds. The molecule has 228 valence electrons. The van der Waals surface area contributed by atoms with Crippen molar-refractivity contribution in [3.05, 3.63) is 30.1 Å². The fourth-order valence-corrected chi connectivity index (χ4v) is 4.32. The summed E-state index contributed by atoms with van der Waals surface area (Å²) in [7, 11) is 1.54. The molecule has 16 heteroatoms. The molecule has 3 rings (SSSR count). The highest BCUT2D eigenvalue weighted by Gasteiger charge is 2.53. The Hall–Kier alpha value is -4.60. The van der Waals surface area contributed by atoms with Gasteiger partial charge in [0.15, 0.2) is 24.1 Å². The van der Waals surface area contributed by atoms with Gasteiger partial charge in [-0.1, -0.05) is 0 Å². The third-order valence-corrected chi connectivity index (χ3v) is 5.97.